The molecule has 1 aliphatic heterocycles. The molecule has 0 unspecified atom stereocenters. The van der Waals surface area contributed by atoms with Gasteiger partial charge in [-0.2, -0.15) is 0 Å². The highest BCUT2D eigenvalue weighted by Gasteiger charge is 2.27. The molecule has 8 heteroatoms. The number of ether oxygens (including phenoxy) is 1. The summed E-state index contributed by atoms with van der Waals surface area (Å²) < 4.78 is 31.3. The van der Waals surface area contributed by atoms with Crippen molar-refractivity contribution in [3.05, 3.63) is 52.5 Å². The van der Waals surface area contributed by atoms with Crippen molar-refractivity contribution in [3.63, 3.8) is 0 Å². The Labute approximate surface area is 204 Å². The molecule has 1 saturated carbocycles. The van der Waals surface area contributed by atoms with E-state index in [0.717, 1.165) is 81.2 Å². The van der Waals surface area contributed by atoms with Crippen LogP contribution in [0.3, 0.4) is 0 Å². The Morgan fingerprint density at radius 3 is 2.76 bits per heavy atom. The molecular formula is C26H33F2N3O2S. The second kappa shape index (κ2) is 11.4. The zero-order valence-corrected chi connectivity index (χ0v) is 20.5. The predicted octanol–water partition coefficient (Wildman–Crippen LogP) is 5.31. The second-order valence-corrected chi connectivity index (χ2v) is 10.5. The van der Waals surface area contributed by atoms with E-state index in [9.17, 15) is 13.6 Å². The Balaban J connectivity index is 1.15. The number of aromatic nitrogens is 1. The van der Waals surface area contributed by atoms with E-state index in [-0.39, 0.29) is 11.9 Å². The van der Waals surface area contributed by atoms with Crippen LogP contribution in [0.25, 0.3) is 6.08 Å². The lowest BCUT2D eigenvalue weighted by molar-refractivity contribution is -0.117. The number of benzene rings is 1. The van der Waals surface area contributed by atoms with E-state index in [2.05, 4.69) is 15.2 Å². The average Bonchev–Trinajstić information content (AvgIpc) is 3.24. The van der Waals surface area contributed by atoms with E-state index < -0.39 is 12.5 Å². The van der Waals surface area contributed by atoms with Crippen LogP contribution in [0.1, 0.15) is 55.2 Å². The molecule has 1 aromatic heterocycles. The van der Waals surface area contributed by atoms with Crippen molar-refractivity contribution in [1.82, 2.24) is 15.2 Å². The fourth-order valence-electron chi connectivity index (χ4n) is 4.62. The summed E-state index contributed by atoms with van der Waals surface area (Å²) in [5, 5.41) is 3.50. The lowest BCUT2D eigenvalue weighted by atomic mass is 9.84. The van der Waals surface area contributed by atoms with Gasteiger partial charge in [-0.15, -0.1) is 0 Å². The minimum Gasteiger partial charge on any atom is -0.464 e. The first-order valence-corrected chi connectivity index (χ1v) is 12.9. The molecule has 4 rings (SSSR count). The Bertz CT molecular complexity index is 966. The molecule has 2 aromatic rings. The summed E-state index contributed by atoms with van der Waals surface area (Å²) >= 11 is 1.40. The fraction of sp³-hybridized carbons (Fsp3) is 0.538. The van der Waals surface area contributed by atoms with Crippen LogP contribution < -0.4 is 10.1 Å². The van der Waals surface area contributed by atoms with E-state index >= 15 is 0 Å². The van der Waals surface area contributed by atoms with Gasteiger partial charge in [0.15, 0.2) is 6.61 Å². The maximum atomic E-state index is 13.0. The molecule has 1 aliphatic carbocycles. The van der Waals surface area contributed by atoms with Crippen LogP contribution >= 0.6 is 11.3 Å². The van der Waals surface area contributed by atoms with E-state index in [4.69, 9.17) is 4.74 Å². The Morgan fingerprint density at radius 2 is 2.03 bits per heavy atom. The number of amides is 1. The van der Waals surface area contributed by atoms with Gasteiger partial charge in [0.2, 0.25) is 5.91 Å². The first kappa shape index (κ1) is 24.8. The Morgan fingerprint density at radius 1 is 1.26 bits per heavy atom. The lowest BCUT2D eigenvalue weighted by Crippen LogP contribution is -2.37. The molecule has 0 spiro atoms. The number of carbonyl (C=O) groups excluding carboxylic acids is 1. The van der Waals surface area contributed by atoms with Crippen molar-refractivity contribution < 1.29 is 18.3 Å². The number of hydrogen-bond acceptors (Lipinski definition) is 5. The van der Waals surface area contributed by atoms with E-state index in [0.29, 0.717) is 11.1 Å². The molecule has 0 bridgehead atoms. The van der Waals surface area contributed by atoms with Crippen LogP contribution in [-0.4, -0.2) is 47.5 Å². The summed E-state index contributed by atoms with van der Waals surface area (Å²) in [5.41, 5.74) is 2.00. The van der Waals surface area contributed by atoms with E-state index in [1.54, 1.807) is 6.08 Å². The Hall–Kier alpha value is -2.32. The van der Waals surface area contributed by atoms with Crippen LogP contribution in [0.5, 0.6) is 5.19 Å². The largest absolute Gasteiger partial charge is 0.464 e. The zero-order chi connectivity index (χ0) is 24.0. The summed E-state index contributed by atoms with van der Waals surface area (Å²) in [4.78, 5) is 20.2. The molecule has 2 aliphatic rings. The SMILES string of the molecule is CC(F)(F)COc1nc2c(s1)CCN(CCC1CCC(NC(=O)/C=C/c3ccccc3)CC1)C2. The standard InChI is InChI=1S/C26H33F2N3O2S/c1-26(27,28)18-33-25-30-22-17-31(16-14-23(22)34-25)15-13-20-7-10-21(11-8-20)29-24(32)12-9-19-5-3-2-4-6-19/h2-6,9,12,20-21H,7-8,10-11,13-18H2,1H3,(H,29,32)/b12-9+. The van der Waals surface area contributed by atoms with Crippen LogP contribution in [0.4, 0.5) is 8.78 Å². The third-order valence-electron chi connectivity index (χ3n) is 6.51. The van der Waals surface area contributed by atoms with Gasteiger partial charge in [0.1, 0.15) is 0 Å². The van der Waals surface area contributed by atoms with Crippen molar-refractivity contribution >= 4 is 23.3 Å². The lowest BCUT2D eigenvalue weighted by Gasteiger charge is -2.31. The maximum Gasteiger partial charge on any atom is 0.278 e. The molecule has 1 N–H and O–H groups in total. The van der Waals surface area contributed by atoms with Crippen molar-refractivity contribution in [1.29, 1.82) is 0 Å². The number of hydrogen-bond donors (Lipinski definition) is 1. The molecule has 5 nitrogen and oxygen atoms in total. The smallest absolute Gasteiger partial charge is 0.278 e. The third-order valence-corrected chi connectivity index (χ3v) is 7.58. The van der Waals surface area contributed by atoms with Crippen molar-refractivity contribution in [2.24, 2.45) is 5.92 Å². The van der Waals surface area contributed by atoms with Gasteiger partial charge in [0.25, 0.3) is 11.1 Å². The zero-order valence-electron chi connectivity index (χ0n) is 19.6. The average molecular weight is 490 g/mol. The fourth-order valence-corrected chi connectivity index (χ4v) is 5.52. The molecule has 34 heavy (non-hydrogen) atoms. The van der Waals surface area contributed by atoms with Crippen molar-refractivity contribution in [2.45, 2.75) is 64.0 Å². The highest BCUT2D eigenvalue weighted by atomic mass is 32.1. The van der Waals surface area contributed by atoms with E-state index in [1.165, 1.54) is 11.3 Å². The minimum atomic E-state index is -2.85. The van der Waals surface area contributed by atoms with Gasteiger partial charge in [0.05, 0.1) is 5.69 Å². The third kappa shape index (κ3) is 7.60. The summed E-state index contributed by atoms with van der Waals surface area (Å²) in [5.74, 6) is -2.19. The highest BCUT2D eigenvalue weighted by Crippen LogP contribution is 2.32. The van der Waals surface area contributed by atoms with Crippen LogP contribution in [0.2, 0.25) is 0 Å². The van der Waals surface area contributed by atoms with Crippen LogP contribution in [0, 0.1) is 5.92 Å². The normalized spacial score (nSPS) is 21.4. The molecule has 2 heterocycles. The number of nitrogens with one attached hydrogen (secondary N) is 1. The van der Waals surface area contributed by atoms with E-state index in [1.807, 2.05) is 36.4 Å². The molecule has 1 fully saturated rings. The molecule has 0 saturated heterocycles. The molecule has 0 atom stereocenters. The number of thiazole rings is 1. The topological polar surface area (TPSA) is 54.5 Å². The van der Waals surface area contributed by atoms with Crippen molar-refractivity contribution in [2.75, 3.05) is 19.7 Å². The number of nitrogens with zero attached hydrogens (tertiary/aromatic N) is 2. The van der Waals surface area contributed by atoms with Gasteiger partial charge < -0.3 is 10.1 Å². The number of carbonyl (C=O) groups is 1. The van der Waals surface area contributed by atoms with Gasteiger partial charge in [0, 0.05) is 37.0 Å². The van der Waals surface area contributed by atoms with Gasteiger partial charge in [-0.25, -0.2) is 13.8 Å². The van der Waals surface area contributed by atoms with Gasteiger partial charge in [-0.1, -0.05) is 41.7 Å². The number of halogens is 2. The van der Waals surface area contributed by atoms with Gasteiger partial charge in [-0.3, -0.25) is 9.69 Å². The first-order chi connectivity index (χ1) is 16.3. The quantitative estimate of drug-likeness (QED) is 0.485. The van der Waals surface area contributed by atoms with Gasteiger partial charge in [-0.05, 0) is 62.6 Å². The molecular weight excluding hydrogens is 456 g/mol. The predicted molar refractivity (Wildman–Crippen MR) is 131 cm³/mol. The molecule has 184 valence electrons. The minimum absolute atomic E-state index is 0.0225. The number of alkyl halides is 2. The van der Waals surface area contributed by atoms with Crippen LogP contribution in [-0.2, 0) is 17.8 Å². The highest BCUT2D eigenvalue weighted by molar-refractivity contribution is 7.13. The van der Waals surface area contributed by atoms with Crippen molar-refractivity contribution in [3.8, 4) is 5.19 Å². The first-order valence-electron chi connectivity index (χ1n) is 12.1. The molecule has 1 aromatic carbocycles. The second-order valence-electron chi connectivity index (χ2n) is 9.49. The summed E-state index contributed by atoms with van der Waals surface area (Å²) in [6.07, 6.45) is 9.81. The molecule has 0 radical (unpaired) electrons. The monoisotopic (exact) mass is 489 g/mol. The number of fused-ring (bicyclic) bond motifs is 1. The summed E-state index contributed by atoms with van der Waals surface area (Å²) in [6.45, 7) is 2.97. The summed E-state index contributed by atoms with van der Waals surface area (Å²) in [7, 11) is 0. The Kier molecular flexibility index (Phi) is 8.32. The number of rotatable bonds is 9. The summed E-state index contributed by atoms with van der Waals surface area (Å²) in [6, 6.07) is 10.1. The van der Waals surface area contributed by atoms with Crippen LogP contribution in [0.15, 0.2) is 36.4 Å². The maximum absolute atomic E-state index is 13.0. The van der Waals surface area contributed by atoms with Gasteiger partial charge >= 0.3 is 0 Å². The molecule has 1 amide bonds.